The van der Waals surface area contributed by atoms with Gasteiger partial charge in [-0.2, -0.15) is 0 Å². The molecule has 1 unspecified atom stereocenters. The maximum Gasteiger partial charge on any atom is 0.257 e. The standard InChI is InChI=1S/C19H23N3O5/c1-2-17(24)20-13-5-6-15(23)14(12-13)18(25)21-7-9-22(10-8-21)19(26)16-4-3-11-27-16/h2,5-6,12,16,23H,1,3-4,7-11H2,(H,20,24). The van der Waals surface area contributed by atoms with E-state index in [1.165, 1.54) is 18.2 Å². The first-order valence-corrected chi connectivity index (χ1v) is 8.95. The molecule has 0 spiro atoms. The molecule has 2 N–H and O–H groups in total. The van der Waals surface area contributed by atoms with E-state index in [-0.39, 0.29) is 29.2 Å². The van der Waals surface area contributed by atoms with Gasteiger partial charge in [0.1, 0.15) is 11.9 Å². The molecular formula is C19H23N3O5. The maximum atomic E-state index is 12.8. The zero-order valence-corrected chi connectivity index (χ0v) is 15.0. The molecule has 1 atom stereocenters. The fraction of sp³-hybridized carbons (Fsp3) is 0.421. The molecule has 3 amide bonds. The number of phenolic OH excluding ortho intramolecular Hbond substituents is 1. The number of amides is 3. The molecule has 1 aromatic carbocycles. The van der Waals surface area contributed by atoms with Gasteiger partial charge >= 0.3 is 0 Å². The van der Waals surface area contributed by atoms with Crippen LogP contribution in [0.1, 0.15) is 23.2 Å². The highest BCUT2D eigenvalue weighted by atomic mass is 16.5. The van der Waals surface area contributed by atoms with Gasteiger partial charge in [-0.05, 0) is 37.1 Å². The first-order valence-electron chi connectivity index (χ1n) is 8.95. The third-order valence-electron chi connectivity index (χ3n) is 4.76. The number of nitrogens with zero attached hydrogens (tertiary/aromatic N) is 2. The van der Waals surface area contributed by atoms with Crippen LogP contribution < -0.4 is 5.32 Å². The van der Waals surface area contributed by atoms with Gasteiger partial charge in [0.2, 0.25) is 5.91 Å². The first-order chi connectivity index (χ1) is 13.0. The molecule has 2 saturated heterocycles. The van der Waals surface area contributed by atoms with Crippen molar-refractivity contribution in [3.63, 3.8) is 0 Å². The number of hydrogen-bond acceptors (Lipinski definition) is 5. The number of rotatable bonds is 4. The molecule has 144 valence electrons. The van der Waals surface area contributed by atoms with E-state index in [1.54, 1.807) is 9.80 Å². The van der Waals surface area contributed by atoms with Crippen molar-refractivity contribution >= 4 is 23.4 Å². The molecule has 0 aliphatic carbocycles. The lowest BCUT2D eigenvalue weighted by Gasteiger charge is -2.35. The fourth-order valence-corrected chi connectivity index (χ4v) is 3.25. The van der Waals surface area contributed by atoms with Crippen LogP contribution in [-0.4, -0.2) is 71.5 Å². The fourth-order valence-electron chi connectivity index (χ4n) is 3.25. The van der Waals surface area contributed by atoms with Crippen LogP contribution in [0.3, 0.4) is 0 Å². The normalized spacial score (nSPS) is 19.6. The summed E-state index contributed by atoms with van der Waals surface area (Å²) in [7, 11) is 0. The Morgan fingerprint density at radius 3 is 2.52 bits per heavy atom. The van der Waals surface area contributed by atoms with Crippen molar-refractivity contribution in [1.29, 1.82) is 0 Å². The number of ether oxygens (including phenoxy) is 1. The number of piperazine rings is 1. The highest BCUT2D eigenvalue weighted by Gasteiger charge is 2.32. The summed E-state index contributed by atoms with van der Waals surface area (Å²) in [6, 6.07) is 4.30. The van der Waals surface area contributed by atoms with Crippen LogP contribution in [0.2, 0.25) is 0 Å². The number of carbonyl (C=O) groups is 3. The van der Waals surface area contributed by atoms with Crippen molar-refractivity contribution < 1.29 is 24.2 Å². The topological polar surface area (TPSA) is 99.2 Å². The Morgan fingerprint density at radius 2 is 1.89 bits per heavy atom. The zero-order chi connectivity index (χ0) is 19.4. The van der Waals surface area contributed by atoms with E-state index in [0.29, 0.717) is 38.5 Å². The number of hydrogen-bond donors (Lipinski definition) is 2. The van der Waals surface area contributed by atoms with Gasteiger partial charge in [0, 0.05) is 38.5 Å². The summed E-state index contributed by atoms with van der Waals surface area (Å²) in [4.78, 5) is 39.9. The quantitative estimate of drug-likeness (QED) is 0.605. The van der Waals surface area contributed by atoms with Crippen LogP contribution in [-0.2, 0) is 14.3 Å². The van der Waals surface area contributed by atoms with Gasteiger partial charge in [0.15, 0.2) is 0 Å². The largest absolute Gasteiger partial charge is 0.507 e. The second-order valence-electron chi connectivity index (χ2n) is 6.54. The summed E-state index contributed by atoms with van der Waals surface area (Å²) in [5.74, 6) is -0.919. The SMILES string of the molecule is C=CC(=O)Nc1ccc(O)c(C(=O)N2CCN(C(=O)C3CCCO3)CC2)c1. The maximum absolute atomic E-state index is 12.8. The molecule has 2 aliphatic heterocycles. The number of phenols is 1. The van der Waals surface area contributed by atoms with E-state index < -0.39 is 5.91 Å². The average Bonchev–Trinajstić information content (AvgIpc) is 3.23. The summed E-state index contributed by atoms with van der Waals surface area (Å²) in [5, 5.41) is 12.6. The Labute approximate surface area is 157 Å². The molecular weight excluding hydrogens is 350 g/mol. The Balaban J connectivity index is 1.63. The van der Waals surface area contributed by atoms with Crippen molar-refractivity contribution in [2.75, 3.05) is 38.1 Å². The Hall–Kier alpha value is -2.87. The number of nitrogens with one attached hydrogen (secondary N) is 1. The number of carbonyl (C=O) groups excluding carboxylic acids is 3. The second-order valence-corrected chi connectivity index (χ2v) is 6.54. The van der Waals surface area contributed by atoms with E-state index in [2.05, 4.69) is 11.9 Å². The smallest absolute Gasteiger partial charge is 0.257 e. The third kappa shape index (κ3) is 4.28. The summed E-state index contributed by atoms with van der Waals surface area (Å²) in [6.07, 6.45) is 2.40. The van der Waals surface area contributed by atoms with Gasteiger partial charge in [0.25, 0.3) is 11.8 Å². The van der Waals surface area contributed by atoms with Gasteiger partial charge in [-0.3, -0.25) is 14.4 Å². The molecule has 2 aliphatic rings. The van der Waals surface area contributed by atoms with Crippen LogP contribution in [0.25, 0.3) is 0 Å². The third-order valence-corrected chi connectivity index (χ3v) is 4.76. The minimum atomic E-state index is -0.402. The van der Waals surface area contributed by atoms with Crippen LogP contribution in [0.15, 0.2) is 30.9 Å². The Bertz CT molecular complexity index is 750. The average molecular weight is 373 g/mol. The molecule has 3 rings (SSSR count). The van der Waals surface area contributed by atoms with E-state index >= 15 is 0 Å². The lowest BCUT2D eigenvalue weighted by Crippen LogP contribution is -2.52. The molecule has 8 heteroatoms. The molecule has 8 nitrogen and oxygen atoms in total. The first kappa shape index (κ1) is 18.9. The Kier molecular flexibility index (Phi) is 5.75. The molecule has 2 fully saturated rings. The molecule has 27 heavy (non-hydrogen) atoms. The van der Waals surface area contributed by atoms with Crippen LogP contribution in [0.4, 0.5) is 5.69 Å². The Morgan fingerprint density at radius 1 is 1.19 bits per heavy atom. The van der Waals surface area contributed by atoms with Gasteiger partial charge in [-0.1, -0.05) is 6.58 Å². The lowest BCUT2D eigenvalue weighted by molar-refractivity contribution is -0.142. The van der Waals surface area contributed by atoms with E-state index in [0.717, 1.165) is 18.9 Å². The predicted octanol–water partition coefficient (Wildman–Crippen LogP) is 0.980. The summed E-state index contributed by atoms with van der Waals surface area (Å²) in [6.45, 7) is 5.60. The zero-order valence-electron chi connectivity index (χ0n) is 15.0. The highest BCUT2D eigenvalue weighted by Crippen LogP contribution is 2.24. The van der Waals surface area contributed by atoms with E-state index in [9.17, 15) is 19.5 Å². The van der Waals surface area contributed by atoms with E-state index in [4.69, 9.17) is 4.74 Å². The lowest BCUT2D eigenvalue weighted by atomic mass is 10.1. The van der Waals surface area contributed by atoms with Gasteiger partial charge in [-0.25, -0.2) is 0 Å². The van der Waals surface area contributed by atoms with Crippen molar-refractivity contribution in [1.82, 2.24) is 9.80 Å². The van der Waals surface area contributed by atoms with Crippen molar-refractivity contribution in [3.8, 4) is 5.75 Å². The van der Waals surface area contributed by atoms with Gasteiger partial charge in [-0.15, -0.1) is 0 Å². The monoisotopic (exact) mass is 373 g/mol. The summed E-state index contributed by atoms with van der Waals surface area (Å²) in [5.41, 5.74) is 0.504. The number of aromatic hydroxyl groups is 1. The molecule has 1 aromatic rings. The molecule has 0 saturated carbocycles. The summed E-state index contributed by atoms with van der Waals surface area (Å²) >= 11 is 0. The van der Waals surface area contributed by atoms with Crippen LogP contribution >= 0.6 is 0 Å². The molecule has 2 heterocycles. The second kappa shape index (κ2) is 8.22. The van der Waals surface area contributed by atoms with Crippen molar-refractivity contribution in [3.05, 3.63) is 36.4 Å². The van der Waals surface area contributed by atoms with E-state index in [1.807, 2.05) is 0 Å². The van der Waals surface area contributed by atoms with Crippen molar-refractivity contribution in [2.24, 2.45) is 0 Å². The van der Waals surface area contributed by atoms with Crippen LogP contribution in [0.5, 0.6) is 5.75 Å². The highest BCUT2D eigenvalue weighted by molar-refractivity contribution is 6.02. The minimum absolute atomic E-state index is 0.0171. The molecule has 0 aromatic heterocycles. The number of benzene rings is 1. The van der Waals surface area contributed by atoms with Crippen molar-refractivity contribution in [2.45, 2.75) is 18.9 Å². The van der Waals surface area contributed by atoms with Gasteiger partial charge < -0.3 is 25.0 Å². The summed E-state index contributed by atoms with van der Waals surface area (Å²) < 4.78 is 5.44. The van der Waals surface area contributed by atoms with Crippen LogP contribution in [0, 0.1) is 0 Å². The number of anilines is 1. The predicted molar refractivity (Wildman–Crippen MR) is 98.4 cm³/mol. The minimum Gasteiger partial charge on any atom is -0.507 e. The van der Waals surface area contributed by atoms with Gasteiger partial charge in [0.05, 0.1) is 5.56 Å². The molecule has 0 radical (unpaired) electrons. The molecule has 0 bridgehead atoms.